The first-order chi connectivity index (χ1) is 15.1. The average Bonchev–Trinajstić information content (AvgIpc) is 3.19. The summed E-state index contributed by atoms with van der Waals surface area (Å²) in [5, 5.41) is 13.4. The summed E-state index contributed by atoms with van der Waals surface area (Å²) in [4.78, 5) is 27.3. The van der Waals surface area contributed by atoms with Crippen molar-refractivity contribution >= 4 is 55.7 Å². The van der Waals surface area contributed by atoms with Crippen LogP contribution in [0.2, 0.25) is 5.02 Å². The molecule has 0 spiro atoms. The highest BCUT2D eigenvalue weighted by Crippen LogP contribution is 2.31. The SMILES string of the molecule is COc1ccc(Cl)cc1S(=O)(=O)N(C)c1cccc(C(=O)Nc2nc(CC(=O)O)cs2)c1. The summed E-state index contributed by atoms with van der Waals surface area (Å²) in [6.07, 6.45) is -0.253. The van der Waals surface area contributed by atoms with Crippen LogP contribution in [-0.4, -0.2) is 44.5 Å². The molecule has 1 amide bonds. The van der Waals surface area contributed by atoms with E-state index >= 15 is 0 Å². The summed E-state index contributed by atoms with van der Waals surface area (Å²) in [6.45, 7) is 0. The zero-order chi connectivity index (χ0) is 23.5. The molecule has 32 heavy (non-hydrogen) atoms. The van der Waals surface area contributed by atoms with Gasteiger partial charge < -0.3 is 9.84 Å². The lowest BCUT2D eigenvalue weighted by Gasteiger charge is -2.21. The van der Waals surface area contributed by atoms with E-state index < -0.39 is 21.9 Å². The van der Waals surface area contributed by atoms with Gasteiger partial charge in [0.25, 0.3) is 15.9 Å². The van der Waals surface area contributed by atoms with E-state index in [-0.39, 0.29) is 38.5 Å². The average molecular weight is 496 g/mol. The van der Waals surface area contributed by atoms with Gasteiger partial charge in [-0.05, 0) is 36.4 Å². The molecule has 0 saturated carbocycles. The number of aromatic nitrogens is 1. The van der Waals surface area contributed by atoms with E-state index in [1.807, 2.05) is 0 Å². The van der Waals surface area contributed by atoms with Crippen molar-refractivity contribution in [3.05, 3.63) is 64.1 Å². The first kappa shape index (κ1) is 23.5. The predicted molar refractivity (Wildman–Crippen MR) is 121 cm³/mol. The van der Waals surface area contributed by atoms with E-state index in [0.717, 1.165) is 15.6 Å². The molecule has 0 aliphatic heterocycles. The molecule has 3 rings (SSSR count). The topological polar surface area (TPSA) is 126 Å². The molecule has 0 radical (unpaired) electrons. The van der Waals surface area contributed by atoms with E-state index in [9.17, 15) is 18.0 Å². The highest BCUT2D eigenvalue weighted by molar-refractivity contribution is 7.93. The van der Waals surface area contributed by atoms with Crippen molar-refractivity contribution in [3.8, 4) is 5.75 Å². The lowest BCUT2D eigenvalue weighted by atomic mass is 10.2. The fourth-order valence-corrected chi connectivity index (χ4v) is 5.06. The number of ether oxygens (including phenoxy) is 1. The van der Waals surface area contributed by atoms with Crippen molar-refractivity contribution in [1.29, 1.82) is 0 Å². The second kappa shape index (κ2) is 9.55. The van der Waals surface area contributed by atoms with E-state index in [1.54, 1.807) is 17.5 Å². The van der Waals surface area contributed by atoms with Crippen LogP contribution in [0.25, 0.3) is 0 Å². The number of nitrogens with zero attached hydrogens (tertiary/aromatic N) is 2. The number of rotatable bonds is 8. The third-order valence-corrected chi connectivity index (χ3v) is 7.19. The second-order valence-corrected chi connectivity index (χ2v) is 9.72. The summed E-state index contributed by atoms with van der Waals surface area (Å²) < 4.78 is 32.5. The number of halogens is 1. The number of hydrogen-bond donors (Lipinski definition) is 2. The minimum absolute atomic E-state index is 0.112. The fourth-order valence-electron chi connectivity index (χ4n) is 2.75. The number of anilines is 2. The number of methoxy groups -OCH3 is 1. The normalized spacial score (nSPS) is 11.1. The second-order valence-electron chi connectivity index (χ2n) is 6.49. The first-order valence-electron chi connectivity index (χ1n) is 9.02. The molecule has 168 valence electrons. The maximum atomic E-state index is 13.2. The summed E-state index contributed by atoms with van der Waals surface area (Å²) >= 11 is 7.07. The molecular formula is C20H18ClN3O6S2. The van der Waals surface area contributed by atoms with Crippen molar-refractivity contribution < 1.29 is 27.9 Å². The van der Waals surface area contributed by atoms with Gasteiger partial charge in [-0.3, -0.25) is 19.2 Å². The maximum absolute atomic E-state index is 13.2. The van der Waals surface area contributed by atoms with Crippen molar-refractivity contribution in [1.82, 2.24) is 4.98 Å². The van der Waals surface area contributed by atoms with Gasteiger partial charge in [0.2, 0.25) is 0 Å². The summed E-state index contributed by atoms with van der Waals surface area (Å²) in [7, 11) is -1.33. The van der Waals surface area contributed by atoms with Crippen LogP contribution in [0, 0.1) is 0 Å². The van der Waals surface area contributed by atoms with Crippen molar-refractivity contribution in [2.45, 2.75) is 11.3 Å². The van der Waals surface area contributed by atoms with Gasteiger partial charge in [-0.1, -0.05) is 17.7 Å². The van der Waals surface area contributed by atoms with Crippen LogP contribution in [0.5, 0.6) is 5.75 Å². The number of sulfonamides is 1. The number of carboxylic acid groups (broad SMARTS) is 1. The minimum Gasteiger partial charge on any atom is -0.495 e. The van der Waals surface area contributed by atoms with Gasteiger partial charge in [0, 0.05) is 23.0 Å². The molecule has 1 heterocycles. The van der Waals surface area contributed by atoms with Crippen LogP contribution >= 0.6 is 22.9 Å². The molecule has 9 nitrogen and oxygen atoms in total. The van der Waals surface area contributed by atoms with Crippen molar-refractivity contribution in [2.75, 3.05) is 23.8 Å². The highest BCUT2D eigenvalue weighted by Gasteiger charge is 2.26. The molecule has 0 saturated heterocycles. The lowest BCUT2D eigenvalue weighted by Crippen LogP contribution is -2.27. The molecule has 0 aliphatic carbocycles. The molecule has 12 heteroatoms. The third kappa shape index (κ3) is 5.18. The largest absolute Gasteiger partial charge is 0.495 e. The Kier molecular flexibility index (Phi) is 7.02. The molecule has 0 unspecified atom stereocenters. The van der Waals surface area contributed by atoms with E-state index in [1.165, 1.54) is 44.5 Å². The Balaban J connectivity index is 1.85. The zero-order valence-corrected chi connectivity index (χ0v) is 19.3. The Morgan fingerprint density at radius 3 is 2.69 bits per heavy atom. The van der Waals surface area contributed by atoms with Crippen molar-refractivity contribution in [2.24, 2.45) is 0 Å². The summed E-state index contributed by atoms with van der Waals surface area (Å²) in [6, 6.07) is 10.3. The number of carbonyl (C=O) groups excluding carboxylic acids is 1. The Morgan fingerprint density at radius 1 is 1.25 bits per heavy atom. The fraction of sp³-hybridized carbons (Fsp3) is 0.150. The highest BCUT2D eigenvalue weighted by atomic mass is 35.5. The number of aliphatic carboxylic acids is 1. The number of carboxylic acids is 1. The van der Waals surface area contributed by atoms with Crippen LogP contribution in [0.15, 0.2) is 52.7 Å². The number of nitrogens with one attached hydrogen (secondary N) is 1. The Hall–Kier alpha value is -3.15. The monoisotopic (exact) mass is 495 g/mol. The van der Waals surface area contributed by atoms with E-state index in [0.29, 0.717) is 5.69 Å². The van der Waals surface area contributed by atoms with Crippen molar-refractivity contribution in [3.63, 3.8) is 0 Å². The van der Waals surface area contributed by atoms with Crippen LogP contribution < -0.4 is 14.4 Å². The van der Waals surface area contributed by atoms with Gasteiger partial charge in [0.1, 0.15) is 10.6 Å². The third-order valence-electron chi connectivity index (χ3n) is 4.34. The summed E-state index contributed by atoms with van der Waals surface area (Å²) in [5.74, 6) is -1.41. The number of hydrogen-bond acceptors (Lipinski definition) is 7. The molecule has 0 bridgehead atoms. The Morgan fingerprint density at radius 2 is 2.00 bits per heavy atom. The number of thiazole rings is 1. The smallest absolute Gasteiger partial charge is 0.309 e. The van der Waals surface area contributed by atoms with Gasteiger partial charge >= 0.3 is 5.97 Å². The van der Waals surface area contributed by atoms with Gasteiger partial charge in [-0.25, -0.2) is 13.4 Å². The number of benzene rings is 2. The lowest BCUT2D eigenvalue weighted by molar-refractivity contribution is -0.136. The summed E-state index contributed by atoms with van der Waals surface area (Å²) in [5.41, 5.74) is 0.760. The van der Waals surface area contributed by atoms with Gasteiger partial charge in [-0.15, -0.1) is 11.3 Å². The van der Waals surface area contributed by atoms with Gasteiger partial charge in [-0.2, -0.15) is 0 Å². The molecule has 1 aromatic heterocycles. The Labute approximate surface area is 193 Å². The molecule has 2 N–H and O–H groups in total. The molecule has 0 atom stereocenters. The standard InChI is InChI=1S/C20H18ClN3O6S2/c1-24(32(28,29)17-9-13(21)6-7-16(17)30-2)15-5-3-4-12(8-15)19(27)23-20-22-14(11-31-20)10-18(25)26/h3-9,11H,10H2,1-2H3,(H,25,26)(H,22,23,27). The molecule has 0 fully saturated rings. The van der Waals surface area contributed by atoms with E-state index in [4.69, 9.17) is 21.4 Å². The first-order valence-corrected chi connectivity index (χ1v) is 11.7. The quantitative estimate of drug-likeness (QED) is 0.489. The zero-order valence-electron chi connectivity index (χ0n) is 16.9. The van der Waals surface area contributed by atoms with Crippen LogP contribution in [0.1, 0.15) is 16.1 Å². The van der Waals surface area contributed by atoms with Gasteiger partial charge in [0.05, 0.1) is 24.9 Å². The molecule has 0 aliphatic rings. The minimum atomic E-state index is -4.04. The molecule has 3 aromatic rings. The Bertz CT molecular complexity index is 1280. The predicted octanol–water partition coefficient (Wildman–Crippen LogP) is 3.51. The van der Waals surface area contributed by atoms with Crippen LogP contribution in [0.3, 0.4) is 0 Å². The molecular weight excluding hydrogens is 478 g/mol. The number of carbonyl (C=O) groups is 2. The number of amides is 1. The van der Waals surface area contributed by atoms with Crippen LogP contribution in [-0.2, 0) is 21.2 Å². The van der Waals surface area contributed by atoms with Crippen LogP contribution in [0.4, 0.5) is 10.8 Å². The maximum Gasteiger partial charge on any atom is 0.309 e. The molecule has 2 aromatic carbocycles. The van der Waals surface area contributed by atoms with E-state index in [2.05, 4.69) is 10.3 Å². The van der Waals surface area contributed by atoms with Gasteiger partial charge in [0.15, 0.2) is 5.13 Å².